The Hall–Kier alpha value is -2.78. The summed E-state index contributed by atoms with van der Waals surface area (Å²) in [6.07, 6.45) is -4.03. The highest BCUT2D eigenvalue weighted by Gasteiger charge is 2.34. The van der Waals surface area contributed by atoms with Crippen LogP contribution in [0.25, 0.3) is 10.9 Å². The summed E-state index contributed by atoms with van der Waals surface area (Å²) in [4.78, 5) is 19.4. The molecule has 2 atom stereocenters. The molecular formula is C18H14ClF3N4O2. The fourth-order valence-corrected chi connectivity index (χ4v) is 3.34. The van der Waals surface area contributed by atoms with Crippen LogP contribution in [0.3, 0.4) is 0 Å². The first-order valence-corrected chi connectivity index (χ1v) is 8.68. The number of pyridine rings is 1. The van der Waals surface area contributed by atoms with E-state index in [1.807, 2.05) is 0 Å². The highest BCUT2D eigenvalue weighted by Crippen LogP contribution is 2.34. The lowest BCUT2D eigenvalue weighted by Crippen LogP contribution is -2.50. The molecule has 0 spiro atoms. The van der Waals surface area contributed by atoms with Crippen molar-refractivity contribution in [2.75, 3.05) is 5.32 Å². The molecule has 146 valence electrons. The van der Waals surface area contributed by atoms with Gasteiger partial charge in [-0.05, 0) is 36.2 Å². The summed E-state index contributed by atoms with van der Waals surface area (Å²) in [5, 5.41) is 16.5. The molecule has 0 saturated carbocycles. The number of aromatic nitrogens is 2. The molecule has 4 N–H and O–H groups in total. The predicted octanol–water partition coefficient (Wildman–Crippen LogP) is 3.32. The molecule has 2 aromatic heterocycles. The number of carbonyl (C=O) groups is 1. The first kappa shape index (κ1) is 18.6. The van der Waals surface area contributed by atoms with E-state index in [2.05, 4.69) is 20.6 Å². The molecule has 0 radical (unpaired) electrons. The Morgan fingerprint density at radius 2 is 2.07 bits per heavy atom. The third-order valence-corrected chi connectivity index (χ3v) is 4.80. The van der Waals surface area contributed by atoms with E-state index in [0.717, 1.165) is 12.1 Å². The zero-order valence-electron chi connectivity index (χ0n) is 14.1. The molecule has 1 amide bonds. The highest BCUT2D eigenvalue weighted by molar-refractivity contribution is 6.30. The Bertz CT molecular complexity index is 1070. The van der Waals surface area contributed by atoms with E-state index in [-0.39, 0.29) is 17.8 Å². The minimum absolute atomic E-state index is 0.182. The van der Waals surface area contributed by atoms with Crippen molar-refractivity contribution in [2.24, 2.45) is 0 Å². The average molecular weight is 411 g/mol. The van der Waals surface area contributed by atoms with Gasteiger partial charge in [0.05, 0.1) is 23.3 Å². The standard InChI is InChI=1S/C18H14ClF3N4O2/c19-15-5-9-4-12(24-14(9)7-23-15)16(27)26-13-3-8-1-2-10(18(20,21)22)6-11(8)25-17(13)28/h1-2,4-7,13,17,24-25,28H,3H2,(H,26,27). The van der Waals surface area contributed by atoms with Crippen molar-refractivity contribution in [3.05, 3.63) is 58.5 Å². The van der Waals surface area contributed by atoms with E-state index in [0.29, 0.717) is 21.6 Å². The van der Waals surface area contributed by atoms with Crippen LogP contribution in [0.5, 0.6) is 0 Å². The maximum absolute atomic E-state index is 12.8. The van der Waals surface area contributed by atoms with E-state index >= 15 is 0 Å². The molecule has 0 saturated heterocycles. The number of nitrogens with zero attached hydrogens (tertiary/aromatic N) is 1. The molecule has 2 unspecified atom stereocenters. The SMILES string of the molecule is O=C(NC1Cc2ccc(C(F)(F)F)cc2NC1O)c1cc2cc(Cl)ncc2[nH]1. The Balaban J connectivity index is 1.53. The van der Waals surface area contributed by atoms with Crippen LogP contribution in [0.1, 0.15) is 21.6 Å². The van der Waals surface area contributed by atoms with Crippen LogP contribution in [-0.2, 0) is 12.6 Å². The molecule has 28 heavy (non-hydrogen) atoms. The van der Waals surface area contributed by atoms with Crippen LogP contribution in [0, 0.1) is 0 Å². The van der Waals surface area contributed by atoms with Crippen molar-refractivity contribution < 1.29 is 23.1 Å². The molecule has 3 aromatic rings. The number of hydrogen-bond donors (Lipinski definition) is 4. The lowest BCUT2D eigenvalue weighted by Gasteiger charge is -2.32. The van der Waals surface area contributed by atoms with Crippen LogP contribution in [0.4, 0.5) is 18.9 Å². The Kier molecular flexibility index (Phi) is 4.43. The average Bonchev–Trinajstić information content (AvgIpc) is 3.04. The first-order chi connectivity index (χ1) is 13.2. The molecule has 0 fully saturated rings. The van der Waals surface area contributed by atoms with Gasteiger partial charge in [0.1, 0.15) is 17.1 Å². The predicted molar refractivity (Wildman–Crippen MR) is 97.1 cm³/mol. The van der Waals surface area contributed by atoms with Gasteiger partial charge in [-0.3, -0.25) is 4.79 Å². The van der Waals surface area contributed by atoms with E-state index in [1.165, 1.54) is 12.3 Å². The van der Waals surface area contributed by atoms with Crippen molar-refractivity contribution in [1.29, 1.82) is 0 Å². The molecule has 3 heterocycles. The number of halogens is 4. The number of aromatic amines is 1. The van der Waals surface area contributed by atoms with Gasteiger partial charge < -0.3 is 20.7 Å². The topological polar surface area (TPSA) is 90.0 Å². The number of nitrogens with one attached hydrogen (secondary N) is 3. The van der Waals surface area contributed by atoms with Crippen molar-refractivity contribution in [3.8, 4) is 0 Å². The van der Waals surface area contributed by atoms with Crippen LogP contribution >= 0.6 is 11.6 Å². The number of hydrogen-bond acceptors (Lipinski definition) is 4. The number of alkyl halides is 3. The summed E-state index contributed by atoms with van der Waals surface area (Å²) in [6.45, 7) is 0. The Labute approximate surface area is 161 Å². The van der Waals surface area contributed by atoms with Gasteiger partial charge in [0.25, 0.3) is 5.91 Å². The molecule has 0 bridgehead atoms. The zero-order valence-corrected chi connectivity index (χ0v) is 14.9. The number of amides is 1. The van der Waals surface area contributed by atoms with Gasteiger partial charge in [0.15, 0.2) is 0 Å². The summed E-state index contributed by atoms with van der Waals surface area (Å²) in [6, 6.07) is 5.76. The maximum atomic E-state index is 12.8. The van der Waals surface area contributed by atoms with Crippen molar-refractivity contribution in [3.63, 3.8) is 0 Å². The number of H-pyrrole nitrogens is 1. The van der Waals surface area contributed by atoms with Gasteiger partial charge in [-0.25, -0.2) is 4.98 Å². The summed E-state index contributed by atoms with van der Waals surface area (Å²) in [5.41, 5.74) is 0.834. The van der Waals surface area contributed by atoms with Crippen LogP contribution < -0.4 is 10.6 Å². The second-order valence-electron chi connectivity index (χ2n) is 6.52. The molecule has 10 heteroatoms. The smallest absolute Gasteiger partial charge is 0.372 e. The second kappa shape index (κ2) is 6.68. The minimum Gasteiger partial charge on any atom is -0.372 e. The van der Waals surface area contributed by atoms with Gasteiger partial charge in [0, 0.05) is 11.1 Å². The number of rotatable bonds is 2. The number of fused-ring (bicyclic) bond motifs is 2. The summed E-state index contributed by atoms with van der Waals surface area (Å²) in [5.74, 6) is -0.464. The van der Waals surface area contributed by atoms with E-state index < -0.39 is 29.9 Å². The monoisotopic (exact) mass is 410 g/mol. The van der Waals surface area contributed by atoms with Gasteiger partial charge in [-0.1, -0.05) is 17.7 Å². The molecule has 4 rings (SSSR count). The van der Waals surface area contributed by atoms with E-state index in [9.17, 15) is 23.1 Å². The zero-order chi connectivity index (χ0) is 20.1. The highest BCUT2D eigenvalue weighted by atomic mass is 35.5. The summed E-state index contributed by atoms with van der Waals surface area (Å²) < 4.78 is 38.5. The van der Waals surface area contributed by atoms with Crippen molar-refractivity contribution >= 4 is 34.1 Å². The molecule has 1 aromatic carbocycles. The Morgan fingerprint density at radius 1 is 1.29 bits per heavy atom. The van der Waals surface area contributed by atoms with Gasteiger partial charge in [0.2, 0.25) is 0 Å². The fraction of sp³-hybridized carbons (Fsp3) is 0.222. The number of benzene rings is 1. The quantitative estimate of drug-likeness (QED) is 0.488. The molecule has 6 nitrogen and oxygen atoms in total. The lowest BCUT2D eigenvalue weighted by atomic mass is 9.96. The molecule has 1 aliphatic heterocycles. The second-order valence-corrected chi connectivity index (χ2v) is 6.91. The van der Waals surface area contributed by atoms with E-state index in [1.54, 1.807) is 12.1 Å². The number of aliphatic hydroxyl groups is 1. The van der Waals surface area contributed by atoms with Crippen molar-refractivity contribution in [1.82, 2.24) is 15.3 Å². The number of aliphatic hydroxyl groups excluding tert-OH is 1. The maximum Gasteiger partial charge on any atom is 0.416 e. The minimum atomic E-state index is -4.47. The van der Waals surface area contributed by atoms with Gasteiger partial charge >= 0.3 is 6.18 Å². The lowest BCUT2D eigenvalue weighted by molar-refractivity contribution is -0.137. The third-order valence-electron chi connectivity index (χ3n) is 4.59. The van der Waals surface area contributed by atoms with Crippen LogP contribution in [0.2, 0.25) is 5.15 Å². The first-order valence-electron chi connectivity index (χ1n) is 8.30. The van der Waals surface area contributed by atoms with Crippen LogP contribution in [-0.4, -0.2) is 33.3 Å². The fourth-order valence-electron chi connectivity index (χ4n) is 3.18. The van der Waals surface area contributed by atoms with Gasteiger partial charge in [-0.2, -0.15) is 13.2 Å². The summed E-state index contributed by atoms with van der Waals surface area (Å²) in [7, 11) is 0. The van der Waals surface area contributed by atoms with Crippen molar-refractivity contribution in [2.45, 2.75) is 24.9 Å². The number of carbonyl (C=O) groups excluding carboxylic acids is 1. The van der Waals surface area contributed by atoms with E-state index in [4.69, 9.17) is 11.6 Å². The normalized spacial score (nSPS) is 19.2. The molecular weight excluding hydrogens is 397 g/mol. The molecule has 0 aliphatic carbocycles. The molecule has 1 aliphatic rings. The largest absolute Gasteiger partial charge is 0.416 e. The third kappa shape index (κ3) is 3.50. The Morgan fingerprint density at radius 3 is 2.82 bits per heavy atom. The van der Waals surface area contributed by atoms with Crippen LogP contribution in [0.15, 0.2) is 36.5 Å². The number of anilines is 1. The van der Waals surface area contributed by atoms with Gasteiger partial charge in [-0.15, -0.1) is 0 Å². The summed E-state index contributed by atoms with van der Waals surface area (Å²) >= 11 is 5.83.